The Labute approximate surface area is 143 Å². The number of amides is 1. The number of hydrogen-bond acceptors (Lipinski definition) is 8. The zero-order valence-corrected chi connectivity index (χ0v) is 13.4. The number of benzene rings is 1. The van der Waals surface area contributed by atoms with E-state index in [9.17, 15) is 14.8 Å². The highest BCUT2D eigenvalue weighted by Gasteiger charge is 2.63. The van der Waals surface area contributed by atoms with Crippen molar-refractivity contribution in [2.45, 2.75) is 31.0 Å². The summed E-state index contributed by atoms with van der Waals surface area (Å²) in [7, 11) is 1.50. The lowest BCUT2D eigenvalue weighted by Crippen LogP contribution is -2.36. The van der Waals surface area contributed by atoms with E-state index in [0.717, 1.165) is 6.42 Å². The summed E-state index contributed by atoms with van der Waals surface area (Å²) in [5, 5.41) is 19.3. The molecule has 3 aliphatic rings. The number of ether oxygens (including phenoxy) is 3. The van der Waals surface area contributed by atoms with Crippen LogP contribution >= 0.6 is 0 Å². The van der Waals surface area contributed by atoms with Gasteiger partial charge in [0.2, 0.25) is 0 Å². The smallest absolute Gasteiger partial charge is 0.338 e. The average molecular weight is 349 g/mol. The maximum Gasteiger partial charge on any atom is 0.338 e. The zero-order valence-electron chi connectivity index (χ0n) is 13.4. The topological polar surface area (TPSA) is 112 Å². The molecule has 3 heterocycles. The Morgan fingerprint density at radius 1 is 1.40 bits per heavy atom. The van der Waals surface area contributed by atoms with Gasteiger partial charge in [-0.05, 0) is 30.7 Å². The number of methoxy groups -OCH3 is 1. The molecule has 4 rings (SSSR count). The second kappa shape index (κ2) is 5.95. The SMILES string of the molecule is COC1OC2CCN3C(=O)C(OC(=O)c4ccc(N([O-])O)cc4)C1C23. The molecular weight excluding hydrogens is 332 g/mol. The predicted octanol–water partition coefficient (Wildman–Crippen LogP) is 0.507. The van der Waals surface area contributed by atoms with Crippen molar-refractivity contribution in [2.24, 2.45) is 5.92 Å². The van der Waals surface area contributed by atoms with Crippen LogP contribution in [-0.4, -0.2) is 60.2 Å². The molecule has 0 spiro atoms. The molecule has 3 saturated heterocycles. The van der Waals surface area contributed by atoms with Gasteiger partial charge in [-0.3, -0.25) is 10.0 Å². The van der Waals surface area contributed by atoms with E-state index in [-0.39, 0.29) is 40.4 Å². The molecule has 9 nitrogen and oxygen atoms in total. The van der Waals surface area contributed by atoms with Gasteiger partial charge in [0.1, 0.15) is 0 Å². The van der Waals surface area contributed by atoms with Crippen molar-refractivity contribution >= 4 is 17.6 Å². The van der Waals surface area contributed by atoms with Gasteiger partial charge in [-0.15, -0.1) is 0 Å². The maximum absolute atomic E-state index is 12.6. The molecule has 5 unspecified atom stereocenters. The van der Waals surface area contributed by atoms with Gasteiger partial charge in [-0.2, -0.15) is 0 Å². The van der Waals surface area contributed by atoms with Crippen LogP contribution in [-0.2, 0) is 19.0 Å². The van der Waals surface area contributed by atoms with Crippen molar-refractivity contribution in [3.05, 3.63) is 35.0 Å². The molecule has 1 aromatic rings. The molecule has 3 fully saturated rings. The van der Waals surface area contributed by atoms with E-state index in [0.29, 0.717) is 6.54 Å². The highest BCUT2D eigenvalue weighted by atomic mass is 16.8. The lowest BCUT2D eigenvalue weighted by atomic mass is 9.96. The van der Waals surface area contributed by atoms with E-state index in [4.69, 9.17) is 19.4 Å². The fourth-order valence-corrected chi connectivity index (χ4v) is 3.97. The number of esters is 1. The van der Waals surface area contributed by atoms with E-state index in [2.05, 4.69) is 0 Å². The van der Waals surface area contributed by atoms with E-state index >= 15 is 0 Å². The van der Waals surface area contributed by atoms with Gasteiger partial charge >= 0.3 is 5.97 Å². The highest BCUT2D eigenvalue weighted by Crippen LogP contribution is 2.45. The first-order valence-corrected chi connectivity index (χ1v) is 7.97. The monoisotopic (exact) mass is 349 g/mol. The quantitative estimate of drug-likeness (QED) is 0.618. The number of nitrogens with zero attached hydrogens (tertiary/aromatic N) is 2. The van der Waals surface area contributed by atoms with Crippen molar-refractivity contribution in [1.82, 2.24) is 4.90 Å². The summed E-state index contributed by atoms with van der Waals surface area (Å²) in [6, 6.07) is 5.14. The summed E-state index contributed by atoms with van der Waals surface area (Å²) in [6.45, 7) is 0.583. The van der Waals surface area contributed by atoms with Crippen LogP contribution in [0.4, 0.5) is 5.69 Å². The van der Waals surface area contributed by atoms with Crippen molar-refractivity contribution in [1.29, 1.82) is 0 Å². The van der Waals surface area contributed by atoms with Gasteiger partial charge < -0.3 is 29.5 Å². The number of carbonyl (C=O) groups is 2. The summed E-state index contributed by atoms with van der Waals surface area (Å²) in [4.78, 5) is 26.7. The molecule has 3 aliphatic heterocycles. The third kappa shape index (κ3) is 2.47. The first kappa shape index (κ1) is 16.3. The fraction of sp³-hybridized carbons (Fsp3) is 0.500. The van der Waals surface area contributed by atoms with Crippen LogP contribution in [0.15, 0.2) is 24.3 Å². The van der Waals surface area contributed by atoms with Crippen molar-refractivity contribution in [3.8, 4) is 0 Å². The second-order valence-corrected chi connectivity index (χ2v) is 6.31. The van der Waals surface area contributed by atoms with Crippen LogP contribution in [0.1, 0.15) is 16.8 Å². The molecule has 1 N–H and O–H groups in total. The minimum Gasteiger partial charge on any atom is -0.733 e. The summed E-state index contributed by atoms with van der Waals surface area (Å²) in [5.41, 5.74) is 0.163. The molecule has 0 bridgehead atoms. The molecule has 9 heteroatoms. The predicted molar refractivity (Wildman–Crippen MR) is 82.6 cm³/mol. The molecule has 0 aromatic heterocycles. The van der Waals surface area contributed by atoms with E-state index in [1.165, 1.54) is 31.4 Å². The standard InChI is InChI=1S/C16H17N2O7/c1-23-16-11-12-10(24-16)6-7-17(12)14(19)13(11)25-15(20)8-2-4-9(5-3-8)18(21)22/h2-5,10-13,16,21H,6-7H2,1H3/q-1. The van der Waals surface area contributed by atoms with Gasteiger partial charge in [-0.25, -0.2) is 4.79 Å². The van der Waals surface area contributed by atoms with Crippen LogP contribution in [0.25, 0.3) is 0 Å². The molecule has 5 atom stereocenters. The lowest BCUT2D eigenvalue weighted by molar-refractivity contribution is -0.155. The van der Waals surface area contributed by atoms with Gasteiger partial charge in [0.15, 0.2) is 12.4 Å². The summed E-state index contributed by atoms with van der Waals surface area (Å²) < 4.78 is 16.6. The first-order chi connectivity index (χ1) is 12.0. The van der Waals surface area contributed by atoms with Gasteiger partial charge in [0.25, 0.3) is 5.91 Å². The Kier molecular flexibility index (Phi) is 3.88. The Bertz CT molecular complexity index is 692. The number of hydrogen-bond donors (Lipinski definition) is 1. The van der Waals surface area contributed by atoms with Crippen LogP contribution in [0.5, 0.6) is 0 Å². The first-order valence-electron chi connectivity index (χ1n) is 7.97. The molecule has 0 radical (unpaired) electrons. The highest BCUT2D eigenvalue weighted by molar-refractivity contribution is 5.93. The molecule has 0 saturated carbocycles. The van der Waals surface area contributed by atoms with E-state index < -0.39 is 18.4 Å². The Hall–Kier alpha value is -2.20. The van der Waals surface area contributed by atoms with Crippen molar-refractivity contribution < 1.29 is 29.0 Å². The Morgan fingerprint density at radius 2 is 2.12 bits per heavy atom. The van der Waals surface area contributed by atoms with Gasteiger partial charge in [0, 0.05) is 13.7 Å². The molecule has 0 aliphatic carbocycles. The number of anilines is 1. The van der Waals surface area contributed by atoms with Crippen LogP contribution in [0, 0.1) is 11.1 Å². The Morgan fingerprint density at radius 3 is 2.76 bits per heavy atom. The minimum absolute atomic E-state index is 0.0133. The average Bonchev–Trinajstić information content (AvgIpc) is 3.25. The van der Waals surface area contributed by atoms with Crippen molar-refractivity contribution in [3.63, 3.8) is 0 Å². The van der Waals surface area contributed by atoms with Crippen molar-refractivity contribution in [2.75, 3.05) is 18.9 Å². The zero-order chi connectivity index (χ0) is 17.7. The summed E-state index contributed by atoms with van der Waals surface area (Å²) in [5.74, 6) is -1.27. The Balaban J connectivity index is 1.53. The third-order valence-electron chi connectivity index (χ3n) is 5.08. The molecular formula is C16H17N2O7-. The van der Waals surface area contributed by atoms with Gasteiger partial charge in [-0.1, -0.05) is 0 Å². The lowest BCUT2D eigenvalue weighted by Gasteiger charge is -2.22. The molecule has 1 amide bonds. The molecule has 134 valence electrons. The minimum atomic E-state index is -0.957. The maximum atomic E-state index is 12.6. The summed E-state index contributed by atoms with van der Waals surface area (Å²) >= 11 is 0. The van der Waals surface area contributed by atoms with E-state index in [1.807, 2.05) is 0 Å². The molecule has 1 aromatic carbocycles. The fourth-order valence-electron chi connectivity index (χ4n) is 3.97. The largest absolute Gasteiger partial charge is 0.733 e. The number of rotatable bonds is 4. The normalized spacial score (nSPS) is 32.8. The number of carbonyl (C=O) groups excluding carboxylic acids is 2. The van der Waals surface area contributed by atoms with E-state index in [1.54, 1.807) is 4.90 Å². The van der Waals surface area contributed by atoms with Crippen LogP contribution < -0.4 is 5.23 Å². The molecule has 25 heavy (non-hydrogen) atoms. The van der Waals surface area contributed by atoms with Crippen LogP contribution in [0.3, 0.4) is 0 Å². The second-order valence-electron chi connectivity index (χ2n) is 6.31. The van der Waals surface area contributed by atoms with Gasteiger partial charge in [0.05, 0.1) is 29.3 Å². The van der Waals surface area contributed by atoms with Crippen LogP contribution in [0.2, 0.25) is 0 Å². The third-order valence-corrected chi connectivity index (χ3v) is 5.08. The summed E-state index contributed by atoms with van der Waals surface area (Å²) in [6.07, 6.45) is -0.884.